The Morgan fingerprint density at radius 1 is 1.15 bits per heavy atom. The zero-order valence-corrected chi connectivity index (χ0v) is 18.9. The Bertz CT molecular complexity index is 1320. The van der Waals surface area contributed by atoms with E-state index >= 15 is 0 Å². The van der Waals surface area contributed by atoms with Crippen LogP contribution in [-0.2, 0) is 6.18 Å². The van der Waals surface area contributed by atoms with Gasteiger partial charge >= 0.3 is 6.18 Å². The molecule has 5 rings (SSSR count). The van der Waals surface area contributed by atoms with Crippen molar-refractivity contribution in [2.45, 2.75) is 51.9 Å². The smallest absolute Gasteiger partial charge is 0.361 e. The Kier molecular flexibility index (Phi) is 5.51. The van der Waals surface area contributed by atoms with Gasteiger partial charge in [-0.2, -0.15) is 13.2 Å². The second kappa shape index (κ2) is 8.39. The highest BCUT2D eigenvalue weighted by Crippen LogP contribution is 2.39. The molecular formula is C23H24F3N7O. The predicted octanol–water partition coefficient (Wildman–Crippen LogP) is 4.86. The lowest BCUT2D eigenvalue weighted by molar-refractivity contribution is -0.137. The van der Waals surface area contributed by atoms with Crippen LogP contribution in [0.2, 0.25) is 0 Å². The first kappa shape index (κ1) is 22.3. The molecule has 1 saturated heterocycles. The van der Waals surface area contributed by atoms with E-state index in [-0.39, 0.29) is 17.7 Å². The summed E-state index contributed by atoms with van der Waals surface area (Å²) in [6.07, 6.45) is -0.417. The van der Waals surface area contributed by atoms with Gasteiger partial charge in [0.05, 0.1) is 22.6 Å². The predicted molar refractivity (Wildman–Crippen MR) is 121 cm³/mol. The van der Waals surface area contributed by atoms with Crippen LogP contribution in [0.25, 0.3) is 33.5 Å². The normalized spacial score (nSPS) is 19.0. The van der Waals surface area contributed by atoms with Gasteiger partial charge in [0.1, 0.15) is 17.0 Å². The summed E-state index contributed by atoms with van der Waals surface area (Å²) in [7, 11) is 0. The lowest BCUT2D eigenvalue weighted by atomic mass is 10.0. The van der Waals surface area contributed by atoms with Crippen LogP contribution in [0.5, 0.6) is 0 Å². The summed E-state index contributed by atoms with van der Waals surface area (Å²) in [5.74, 6) is 0.785. The number of hydrogen-bond donors (Lipinski definition) is 3. The second-order valence-electron chi connectivity index (χ2n) is 8.68. The molecule has 1 fully saturated rings. The summed E-state index contributed by atoms with van der Waals surface area (Å²) < 4.78 is 46.8. The van der Waals surface area contributed by atoms with Gasteiger partial charge in [-0.3, -0.25) is 0 Å². The maximum absolute atomic E-state index is 13.9. The second-order valence-corrected chi connectivity index (χ2v) is 8.68. The standard InChI is InChI=1S/C23H24F3N7O/c1-11-4-5-14(8-27-11)30-22-29-10-17(23(24,25)26)20(32-22)16-9-28-21-15(16)6-7-18(31-21)19-12(2)33-34-13(19)3/h6-7,9-11,14,27H,4-5,8H2,1-3H3,(H,28,31)(H,29,30,32)/t11-,14-/m1/s1. The first-order valence-corrected chi connectivity index (χ1v) is 11.1. The van der Waals surface area contributed by atoms with Crippen LogP contribution in [0.3, 0.4) is 0 Å². The average molecular weight is 471 g/mol. The van der Waals surface area contributed by atoms with Crippen molar-refractivity contribution in [3.8, 4) is 22.5 Å². The van der Waals surface area contributed by atoms with Crippen LogP contribution in [0.1, 0.15) is 36.8 Å². The summed E-state index contributed by atoms with van der Waals surface area (Å²) in [6.45, 7) is 6.40. The zero-order valence-electron chi connectivity index (χ0n) is 18.9. The van der Waals surface area contributed by atoms with Gasteiger partial charge in [0.15, 0.2) is 0 Å². The molecule has 1 aliphatic heterocycles. The summed E-state index contributed by atoms with van der Waals surface area (Å²) in [5.41, 5.74) is 1.73. The van der Waals surface area contributed by atoms with E-state index in [1.54, 1.807) is 19.1 Å². The Morgan fingerprint density at radius 3 is 2.65 bits per heavy atom. The van der Waals surface area contributed by atoms with Crippen molar-refractivity contribution in [3.05, 3.63) is 41.5 Å². The van der Waals surface area contributed by atoms with Gasteiger partial charge in [-0.25, -0.2) is 15.0 Å². The van der Waals surface area contributed by atoms with E-state index in [0.29, 0.717) is 46.3 Å². The molecule has 4 aromatic rings. The highest BCUT2D eigenvalue weighted by atomic mass is 19.4. The van der Waals surface area contributed by atoms with Gasteiger partial charge in [0, 0.05) is 42.0 Å². The summed E-state index contributed by atoms with van der Waals surface area (Å²) >= 11 is 0. The molecule has 5 heterocycles. The Morgan fingerprint density at radius 2 is 1.97 bits per heavy atom. The minimum atomic E-state index is -4.61. The molecule has 11 heteroatoms. The van der Waals surface area contributed by atoms with E-state index in [1.165, 1.54) is 6.20 Å². The number of fused-ring (bicyclic) bond motifs is 1. The fourth-order valence-corrected chi connectivity index (χ4v) is 4.36. The van der Waals surface area contributed by atoms with Crippen molar-refractivity contribution in [3.63, 3.8) is 0 Å². The molecule has 1 aliphatic rings. The summed E-state index contributed by atoms with van der Waals surface area (Å²) in [6, 6.07) is 3.94. The maximum Gasteiger partial charge on any atom is 0.419 e. The Hall–Kier alpha value is -3.47. The topological polar surface area (TPSA) is 105 Å². The van der Waals surface area contributed by atoms with Gasteiger partial charge < -0.3 is 20.1 Å². The van der Waals surface area contributed by atoms with Gasteiger partial charge in [0.2, 0.25) is 5.95 Å². The minimum Gasteiger partial charge on any atom is -0.361 e. The fraction of sp³-hybridized carbons (Fsp3) is 0.391. The third-order valence-corrected chi connectivity index (χ3v) is 6.17. The van der Waals surface area contributed by atoms with Crippen molar-refractivity contribution in [1.82, 2.24) is 30.4 Å². The molecule has 34 heavy (non-hydrogen) atoms. The van der Waals surface area contributed by atoms with Crippen molar-refractivity contribution in [2.24, 2.45) is 0 Å². The largest absolute Gasteiger partial charge is 0.419 e. The third-order valence-electron chi connectivity index (χ3n) is 6.17. The molecule has 0 unspecified atom stereocenters. The van der Waals surface area contributed by atoms with E-state index in [4.69, 9.17) is 4.52 Å². The van der Waals surface area contributed by atoms with Crippen molar-refractivity contribution in [2.75, 3.05) is 11.9 Å². The van der Waals surface area contributed by atoms with Gasteiger partial charge in [-0.15, -0.1) is 0 Å². The van der Waals surface area contributed by atoms with Crippen LogP contribution in [-0.4, -0.2) is 43.7 Å². The number of anilines is 1. The van der Waals surface area contributed by atoms with Crippen LogP contribution < -0.4 is 10.6 Å². The van der Waals surface area contributed by atoms with E-state index in [1.807, 2.05) is 6.92 Å². The Labute approximate surface area is 193 Å². The molecular weight excluding hydrogens is 447 g/mol. The Balaban J connectivity index is 1.55. The fourth-order valence-electron chi connectivity index (χ4n) is 4.36. The summed E-state index contributed by atoms with van der Waals surface area (Å²) in [4.78, 5) is 15.9. The number of hydrogen-bond acceptors (Lipinski definition) is 7. The number of piperidine rings is 1. The highest BCUT2D eigenvalue weighted by molar-refractivity contribution is 5.94. The molecule has 0 spiro atoms. The number of alkyl halides is 3. The molecule has 0 aliphatic carbocycles. The number of aromatic nitrogens is 5. The molecule has 0 saturated carbocycles. The molecule has 4 aromatic heterocycles. The number of H-pyrrole nitrogens is 1. The highest BCUT2D eigenvalue weighted by Gasteiger charge is 2.36. The number of pyridine rings is 1. The first-order valence-electron chi connectivity index (χ1n) is 11.1. The number of nitrogens with zero attached hydrogens (tertiary/aromatic N) is 4. The number of aromatic amines is 1. The lowest BCUT2D eigenvalue weighted by Crippen LogP contribution is -2.43. The molecule has 3 N–H and O–H groups in total. The van der Waals surface area contributed by atoms with E-state index < -0.39 is 11.7 Å². The number of nitrogens with one attached hydrogen (secondary N) is 3. The SMILES string of the molecule is Cc1noc(C)c1-c1ccc2c(-c3nc(N[C@@H]4CC[C@@H](C)NC4)ncc3C(F)(F)F)c[nH]c2n1. The average Bonchev–Trinajstić information content (AvgIpc) is 3.36. The molecule has 2 atom stereocenters. The molecule has 0 bridgehead atoms. The van der Waals surface area contributed by atoms with Crippen molar-refractivity contribution < 1.29 is 17.7 Å². The lowest BCUT2D eigenvalue weighted by Gasteiger charge is -2.28. The maximum atomic E-state index is 13.9. The number of aryl methyl sites for hydroxylation is 2. The van der Waals surface area contributed by atoms with Crippen LogP contribution in [0.15, 0.2) is 29.0 Å². The molecule has 8 nitrogen and oxygen atoms in total. The summed E-state index contributed by atoms with van der Waals surface area (Å²) in [5, 5.41) is 11.0. The van der Waals surface area contributed by atoms with E-state index in [9.17, 15) is 13.2 Å². The van der Waals surface area contributed by atoms with E-state index in [2.05, 4.69) is 42.6 Å². The van der Waals surface area contributed by atoms with Crippen LogP contribution >= 0.6 is 0 Å². The first-order chi connectivity index (χ1) is 16.2. The van der Waals surface area contributed by atoms with Crippen molar-refractivity contribution >= 4 is 17.0 Å². The van der Waals surface area contributed by atoms with E-state index in [0.717, 1.165) is 24.6 Å². The van der Waals surface area contributed by atoms with Gasteiger partial charge in [-0.1, -0.05) is 5.16 Å². The van der Waals surface area contributed by atoms with Gasteiger partial charge in [0.25, 0.3) is 0 Å². The number of halogens is 3. The quantitative estimate of drug-likeness (QED) is 0.390. The minimum absolute atomic E-state index is 0.0445. The van der Waals surface area contributed by atoms with Crippen molar-refractivity contribution in [1.29, 1.82) is 0 Å². The van der Waals surface area contributed by atoms with Gasteiger partial charge in [-0.05, 0) is 45.7 Å². The third kappa shape index (κ3) is 4.11. The number of rotatable bonds is 4. The molecule has 0 radical (unpaired) electrons. The van der Waals surface area contributed by atoms with Crippen LogP contribution in [0.4, 0.5) is 19.1 Å². The molecule has 0 aromatic carbocycles. The monoisotopic (exact) mass is 471 g/mol. The zero-order chi connectivity index (χ0) is 24.0. The molecule has 0 amide bonds. The van der Waals surface area contributed by atoms with Crippen LogP contribution in [0, 0.1) is 13.8 Å². The molecule has 178 valence electrons.